The van der Waals surface area contributed by atoms with Crippen LogP contribution in [-0.2, 0) is 6.54 Å². The Balaban J connectivity index is 2.21. The average Bonchev–Trinajstić information content (AvgIpc) is 2.88. The first-order valence-electron chi connectivity index (χ1n) is 6.11. The lowest BCUT2D eigenvalue weighted by molar-refractivity contribution is -0.384. The number of para-hydroxylation sites is 1. The summed E-state index contributed by atoms with van der Waals surface area (Å²) in [4.78, 5) is 15.1. The summed E-state index contributed by atoms with van der Waals surface area (Å²) in [6.45, 7) is 3.76. The van der Waals surface area contributed by atoms with Crippen LogP contribution in [0.4, 0.5) is 5.69 Å². The van der Waals surface area contributed by atoms with Crippen LogP contribution in [-0.4, -0.2) is 16.5 Å². The number of nitro groups is 1. The Morgan fingerprint density at radius 1 is 1.42 bits per heavy atom. The third-order valence-electron chi connectivity index (χ3n) is 2.63. The van der Waals surface area contributed by atoms with E-state index >= 15 is 0 Å². The fourth-order valence-corrected chi connectivity index (χ4v) is 2.50. The summed E-state index contributed by atoms with van der Waals surface area (Å²) in [5, 5.41) is 17.1. The molecule has 19 heavy (non-hydrogen) atoms. The molecule has 0 saturated heterocycles. The highest BCUT2D eigenvalue weighted by Gasteiger charge is 2.16. The molecule has 0 aliphatic rings. The van der Waals surface area contributed by atoms with Crippen LogP contribution in [0.2, 0.25) is 0 Å². The van der Waals surface area contributed by atoms with Gasteiger partial charge in [-0.25, -0.2) is 4.98 Å². The van der Waals surface area contributed by atoms with E-state index in [0.717, 1.165) is 18.0 Å². The number of hydrogen-bond donors (Lipinski definition) is 1. The van der Waals surface area contributed by atoms with Gasteiger partial charge in [-0.1, -0.05) is 19.1 Å². The first-order valence-corrected chi connectivity index (χ1v) is 6.99. The molecule has 0 atom stereocenters. The van der Waals surface area contributed by atoms with Crippen molar-refractivity contribution in [3.63, 3.8) is 0 Å². The van der Waals surface area contributed by atoms with Crippen LogP contribution in [0, 0.1) is 10.1 Å². The molecule has 1 aromatic heterocycles. The summed E-state index contributed by atoms with van der Waals surface area (Å²) >= 11 is 1.52. The first kappa shape index (κ1) is 13.6. The van der Waals surface area contributed by atoms with Crippen LogP contribution in [0.15, 0.2) is 29.6 Å². The van der Waals surface area contributed by atoms with Gasteiger partial charge >= 0.3 is 0 Å². The molecule has 0 unspecified atom stereocenters. The van der Waals surface area contributed by atoms with Crippen LogP contribution in [0.5, 0.6) is 0 Å². The molecule has 0 saturated carbocycles. The number of thiazole rings is 1. The van der Waals surface area contributed by atoms with Crippen LogP contribution < -0.4 is 5.32 Å². The van der Waals surface area contributed by atoms with Crippen molar-refractivity contribution in [2.45, 2.75) is 19.9 Å². The second-order valence-corrected chi connectivity index (χ2v) is 5.02. The predicted octanol–water partition coefficient (Wildman–Crippen LogP) is 3.22. The summed E-state index contributed by atoms with van der Waals surface area (Å²) in [5.74, 6) is 0. The molecule has 0 radical (unpaired) electrons. The van der Waals surface area contributed by atoms with E-state index in [-0.39, 0.29) is 10.6 Å². The highest BCUT2D eigenvalue weighted by Crippen LogP contribution is 2.30. The van der Waals surface area contributed by atoms with Crippen molar-refractivity contribution in [3.8, 4) is 11.3 Å². The Kier molecular flexibility index (Phi) is 4.59. The van der Waals surface area contributed by atoms with Crippen molar-refractivity contribution in [1.29, 1.82) is 0 Å². The summed E-state index contributed by atoms with van der Waals surface area (Å²) in [5.41, 5.74) is 1.34. The molecule has 2 rings (SSSR count). The number of aromatic nitrogens is 1. The van der Waals surface area contributed by atoms with Gasteiger partial charge in [0.1, 0.15) is 5.01 Å². The van der Waals surface area contributed by atoms with Crippen LogP contribution in [0.1, 0.15) is 18.4 Å². The molecule has 2 aromatic rings. The molecular formula is C13H15N3O2S. The van der Waals surface area contributed by atoms with Crippen molar-refractivity contribution in [2.75, 3.05) is 6.54 Å². The van der Waals surface area contributed by atoms with E-state index in [4.69, 9.17) is 0 Å². The van der Waals surface area contributed by atoms with Gasteiger partial charge in [0.2, 0.25) is 0 Å². The van der Waals surface area contributed by atoms with E-state index < -0.39 is 0 Å². The molecule has 100 valence electrons. The maximum atomic E-state index is 11.0. The van der Waals surface area contributed by atoms with E-state index in [1.807, 2.05) is 5.38 Å². The zero-order valence-corrected chi connectivity index (χ0v) is 11.4. The van der Waals surface area contributed by atoms with Crippen LogP contribution in [0.3, 0.4) is 0 Å². The zero-order valence-electron chi connectivity index (χ0n) is 10.6. The highest BCUT2D eigenvalue weighted by molar-refractivity contribution is 7.09. The van der Waals surface area contributed by atoms with Gasteiger partial charge in [-0.15, -0.1) is 11.3 Å². The lowest BCUT2D eigenvalue weighted by atomic mass is 10.1. The summed E-state index contributed by atoms with van der Waals surface area (Å²) in [6, 6.07) is 6.69. The molecule has 0 fully saturated rings. The van der Waals surface area contributed by atoms with Gasteiger partial charge in [-0.2, -0.15) is 0 Å². The maximum absolute atomic E-state index is 11.0. The third-order valence-corrected chi connectivity index (χ3v) is 3.48. The molecule has 0 amide bonds. The molecule has 0 aliphatic heterocycles. The summed E-state index contributed by atoms with van der Waals surface area (Å²) in [7, 11) is 0. The van der Waals surface area contributed by atoms with Crippen LogP contribution in [0.25, 0.3) is 11.3 Å². The van der Waals surface area contributed by atoms with E-state index in [1.165, 1.54) is 17.4 Å². The molecule has 0 bridgehead atoms. The van der Waals surface area contributed by atoms with Gasteiger partial charge in [-0.3, -0.25) is 10.1 Å². The lowest BCUT2D eigenvalue weighted by Gasteiger charge is -1.99. The standard InChI is InChI=1S/C13H15N3O2S/c1-2-7-14-8-13-15-11(9-19-13)10-5-3-4-6-12(10)16(17)18/h3-6,9,14H,2,7-8H2,1H3. The maximum Gasteiger partial charge on any atom is 0.278 e. The Morgan fingerprint density at radius 3 is 2.95 bits per heavy atom. The Labute approximate surface area is 115 Å². The first-order chi connectivity index (χ1) is 9.22. The van der Waals surface area contributed by atoms with Crippen molar-refractivity contribution >= 4 is 17.0 Å². The van der Waals surface area contributed by atoms with Gasteiger partial charge in [0.25, 0.3) is 5.69 Å². The highest BCUT2D eigenvalue weighted by atomic mass is 32.1. The van der Waals surface area contributed by atoms with Crippen LogP contribution >= 0.6 is 11.3 Å². The quantitative estimate of drug-likeness (QED) is 0.500. The van der Waals surface area contributed by atoms with Gasteiger partial charge in [0.15, 0.2) is 0 Å². The third kappa shape index (κ3) is 3.36. The number of benzene rings is 1. The summed E-state index contributed by atoms with van der Waals surface area (Å²) in [6.07, 6.45) is 1.07. The fraction of sp³-hybridized carbons (Fsp3) is 0.308. The van der Waals surface area contributed by atoms with Gasteiger partial charge in [0.05, 0.1) is 16.2 Å². The molecule has 0 aliphatic carbocycles. The van der Waals surface area contributed by atoms with E-state index in [2.05, 4.69) is 17.2 Å². The number of hydrogen-bond acceptors (Lipinski definition) is 5. The van der Waals surface area contributed by atoms with Gasteiger partial charge in [0, 0.05) is 18.0 Å². The zero-order chi connectivity index (χ0) is 13.7. The molecular weight excluding hydrogens is 262 g/mol. The molecule has 5 nitrogen and oxygen atoms in total. The normalized spacial score (nSPS) is 10.6. The van der Waals surface area contributed by atoms with Crippen molar-refractivity contribution in [1.82, 2.24) is 10.3 Å². The topological polar surface area (TPSA) is 68.1 Å². The molecule has 0 spiro atoms. The fourth-order valence-electron chi connectivity index (χ4n) is 1.74. The lowest BCUT2D eigenvalue weighted by Crippen LogP contribution is -2.13. The number of nitrogens with one attached hydrogen (secondary N) is 1. The molecule has 1 heterocycles. The largest absolute Gasteiger partial charge is 0.310 e. The van der Waals surface area contributed by atoms with Crippen molar-refractivity contribution in [3.05, 3.63) is 44.8 Å². The van der Waals surface area contributed by atoms with E-state index in [0.29, 0.717) is 17.8 Å². The minimum absolute atomic E-state index is 0.0980. The summed E-state index contributed by atoms with van der Waals surface area (Å²) < 4.78 is 0. The second-order valence-electron chi connectivity index (χ2n) is 4.08. The Bertz CT molecular complexity index is 569. The Hall–Kier alpha value is -1.79. The number of nitro benzene ring substituents is 1. The van der Waals surface area contributed by atoms with E-state index in [1.54, 1.807) is 18.2 Å². The SMILES string of the molecule is CCCNCc1nc(-c2ccccc2[N+](=O)[O-])cs1. The van der Waals surface area contributed by atoms with E-state index in [9.17, 15) is 10.1 Å². The number of nitrogens with zero attached hydrogens (tertiary/aromatic N) is 2. The van der Waals surface area contributed by atoms with Gasteiger partial charge in [-0.05, 0) is 19.0 Å². The van der Waals surface area contributed by atoms with Gasteiger partial charge < -0.3 is 5.32 Å². The monoisotopic (exact) mass is 277 g/mol. The predicted molar refractivity (Wildman–Crippen MR) is 76.2 cm³/mol. The average molecular weight is 277 g/mol. The molecule has 1 aromatic carbocycles. The molecule has 1 N–H and O–H groups in total. The number of rotatable bonds is 6. The molecule has 6 heteroatoms. The minimum atomic E-state index is -0.371. The van der Waals surface area contributed by atoms with Crippen molar-refractivity contribution in [2.24, 2.45) is 0 Å². The Morgan fingerprint density at radius 2 is 2.21 bits per heavy atom. The minimum Gasteiger partial charge on any atom is -0.310 e. The second kappa shape index (κ2) is 6.40. The smallest absolute Gasteiger partial charge is 0.278 e. The van der Waals surface area contributed by atoms with Crippen molar-refractivity contribution < 1.29 is 4.92 Å².